The first-order valence-electron chi connectivity index (χ1n) is 8.86. The van der Waals surface area contributed by atoms with Crippen molar-refractivity contribution in [2.24, 2.45) is 10.9 Å². The van der Waals surface area contributed by atoms with Gasteiger partial charge in [-0.1, -0.05) is 19.8 Å². The zero-order valence-corrected chi connectivity index (χ0v) is 16.6. The first kappa shape index (κ1) is 20.0. The van der Waals surface area contributed by atoms with Gasteiger partial charge in [0.1, 0.15) is 0 Å². The Balaban J connectivity index is 0.00000242. The number of ether oxygens (including phenoxy) is 1. The van der Waals surface area contributed by atoms with Crippen LogP contribution in [0.4, 0.5) is 0 Å². The molecule has 0 spiro atoms. The molecule has 0 aromatic carbocycles. The average Bonchev–Trinajstić information content (AvgIpc) is 3.01. The van der Waals surface area contributed by atoms with Crippen molar-refractivity contribution in [2.75, 3.05) is 20.2 Å². The number of nitrogens with zero attached hydrogens (tertiary/aromatic N) is 1. The Kier molecular flexibility index (Phi) is 10.4. The monoisotopic (exact) mass is 423 g/mol. The summed E-state index contributed by atoms with van der Waals surface area (Å²) in [5, 5.41) is 6.97. The maximum atomic E-state index is 5.88. The van der Waals surface area contributed by atoms with E-state index < -0.39 is 0 Å². The molecule has 130 valence electrons. The molecule has 0 atom stereocenters. The number of nitrogens with one attached hydrogen (secondary N) is 2. The number of hydrogen-bond donors (Lipinski definition) is 2. The highest BCUT2D eigenvalue weighted by Gasteiger charge is 2.18. The lowest BCUT2D eigenvalue weighted by Gasteiger charge is -2.28. The van der Waals surface area contributed by atoms with Crippen molar-refractivity contribution >= 4 is 29.9 Å². The van der Waals surface area contributed by atoms with E-state index in [1.807, 2.05) is 7.05 Å². The number of hydrogen-bond acceptors (Lipinski definition) is 2. The lowest BCUT2D eigenvalue weighted by molar-refractivity contribution is 0.0574. The topological polar surface area (TPSA) is 45.7 Å². The molecular formula is C17H34IN3O. The largest absolute Gasteiger partial charge is 0.378 e. The maximum absolute atomic E-state index is 5.88. The molecule has 0 bridgehead atoms. The van der Waals surface area contributed by atoms with Crippen LogP contribution >= 0.6 is 24.0 Å². The molecule has 2 aliphatic rings. The predicted molar refractivity (Wildman–Crippen MR) is 104 cm³/mol. The number of rotatable bonds is 6. The van der Waals surface area contributed by atoms with Crippen molar-refractivity contribution < 1.29 is 4.74 Å². The van der Waals surface area contributed by atoms with Crippen molar-refractivity contribution in [1.82, 2.24) is 10.6 Å². The van der Waals surface area contributed by atoms with Crippen LogP contribution in [0.3, 0.4) is 0 Å². The van der Waals surface area contributed by atoms with Gasteiger partial charge in [-0.3, -0.25) is 4.99 Å². The van der Waals surface area contributed by atoms with Crippen LogP contribution in [0.1, 0.15) is 64.7 Å². The van der Waals surface area contributed by atoms with Crippen LogP contribution < -0.4 is 10.6 Å². The molecule has 0 amide bonds. The fourth-order valence-corrected chi connectivity index (χ4v) is 3.38. The number of aliphatic imine (C=N–C) groups is 1. The van der Waals surface area contributed by atoms with Gasteiger partial charge in [0, 0.05) is 26.2 Å². The van der Waals surface area contributed by atoms with E-state index in [1.54, 1.807) is 0 Å². The first-order valence-corrected chi connectivity index (χ1v) is 8.86. The fourth-order valence-electron chi connectivity index (χ4n) is 3.38. The average molecular weight is 423 g/mol. The molecule has 22 heavy (non-hydrogen) atoms. The minimum absolute atomic E-state index is 0. The fraction of sp³-hybridized carbons (Fsp3) is 0.941. The van der Waals surface area contributed by atoms with Gasteiger partial charge in [-0.05, 0) is 50.9 Å². The summed E-state index contributed by atoms with van der Waals surface area (Å²) in [6.45, 7) is 4.17. The number of guanidine groups is 1. The molecule has 2 rings (SSSR count). The van der Waals surface area contributed by atoms with Crippen molar-refractivity contribution in [1.29, 1.82) is 0 Å². The Hall–Kier alpha value is -0.0400. The third-order valence-electron chi connectivity index (χ3n) is 4.85. The summed E-state index contributed by atoms with van der Waals surface area (Å²) in [5.41, 5.74) is 0. The minimum Gasteiger partial charge on any atom is -0.378 e. The van der Waals surface area contributed by atoms with E-state index in [9.17, 15) is 0 Å². The molecule has 4 nitrogen and oxygen atoms in total. The Labute approximate surface area is 153 Å². The smallest absolute Gasteiger partial charge is 0.191 e. The predicted octanol–water partition coefficient (Wildman–Crippen LogP) is 3.70. The Morgan fingerprint density at radius 2 is 1.77 bits per heavy atom. The molecule has 0 aliphatic heterocycles. The van der Waals surface area contributed by atoms with Gasteiger partial charge in [0.05, 0.1) is 6.10 Å². The van der Waals surface area contributed by atoms with Gasteiger partial charge in [-0.15, -0.1) is 24.0 Å². The summed E-state index contributed by atoms with van der Waals surface area (Å²) in [7, 11) is 1.86. The third kappa shape index (κ3) is 7.49. The van der Waals surface area contributed by atoms with E-state index >= 15 is 0 Å². The van der Waals surface area contributed by atoms with Gasteiger partial charge in [-0.2, -0.15) is 0 Å². The molecule has 0 unspecified atom stereocenters. The van der Waals surface area contributed by atoms with E-state index in [1.165, 1.54) is 51.4 Å². The van der Waals surface area contributed by atoms with E-state index in [0.717, 1.165) is 31.4 Å². The van der Waals surface area contributed by atoms with Crippen LogP contribution in [0, 0.1) is 5.92 Å². The summed E-state index contributed by atoms with van der Waals surface area (Å²) >= 11 is 0. The second-order valence-electron chi connectivity index (χ2n) is 6.73. The lowest BCUT2D eigenvalue weighted by atomic mass is 9.87. The molecule has 2 saturated carbocycles. The van der Waals surface area contributed by atoms with Crippen LogP contribution in [-0.4, -0.2) is 38.3 Å². The van der Waals surface area contributed by atoms with Crippen LogP contribution in [0.15, 0.2) is 4.99 Å². The Bertz CT molecular complexity index is 311. The summed E-state index contributed by atoms with van der Waals surface area (Å²) < 4.78 is 5.88. The van der Waals surface area contributed by atoms with Crippen molar-refractivity contribution in [2.45, 2.75) is 76.9 Å². The number of halogens is 1. The molecule has 2 N–H and O–H groups in total. The highest BCUT2D eigenvalue weighted by Crippen LogP contribution is 2.23. The quantitative estimate of drug-likeness (QED) is 0.297. The zero-order valence-electron chi connectivity index (χ0n) is 14.3. The van der Waals surface area contributed by atoms with Gasteiger partial charge < -0.3 is 15.4 Å². The normalized spacial score (nSPS) is 26.5. The second kappa shape index (κ2) is 11.5. The Morgan fingerprint density at radius 3 is 2.41 bits per heavy atom. The summed E-state index contributed by atoms with van der Waals surface area (Å²) in [4.78, 5) is 4.33. The Morgan fingerprint density at radius 1 is 1.09 bits per heavy atom. The van der Waals surface area contributed by atoms with E-state index in [4.69, 9.17) is 4.74 Å². The van der Waals surface area contributed by atoms with Crippen LogP contribution in [-0.2, 0) is 4.74 Å². The van der Waals surface area contributed by atoms with Gasteiger partial charge in [0.15, 0.2) is 5.96 Å². The van der Waals surface area contributed by atoms with E-state index in [-0.39, 0.29) is 24.0 Å². The van der Waals surface area contributed by atoms with Crippen molar-refractivity contribution in [3.05, 3.63) is 0 Å². The molecule has 0 saturated heterocycles. The van der Waals surface area contributed by atoms with Gasteiger partial charge >= 0.3 is 0 Å². The van der Waals surface area contributed by atoms with Gasteiger partial charge in [-0.25, -0.2) is 0 Å². The zero-order chi connectivity index (χ0) is 14.9. The molecule has 2 aliphatic carbocycles. The molecule has 0 aromatic rings. The van der Waals surface area contributed by atoms with Crippen molar-refractivity contribution in [3.8, 4) is 0 Å². The summed E-state index contributed by atoms with van der Waals surface area (Å²) in [6.07, 6.45) is 12.0. The molecule has 0 aromatic heterocycles. The second-order valence-corrected chi connectivity index (χ2v) is 6.73. The van der Waals surface area contributed by atoms with Crippen LogP contribution in [0.2, 0.25) is 0 Å². The minimum atomic E-state index is 0. The van der Waals surface area contributed by atoms with Gasteiger partial charge in [0.2, 0.25) is 0 Å². The molecule has 0 radical (unpaired) electrons. The standard InChI is InChI=1S/C17H33N3O.HI/c1-14-8-10-15(11-9-14)20-17(18-2)19-12-5-13-21-16-6-3-4-7-16;/h14-16H,3-13H2,1-2H3,(H2,18,19,20);1H. The lowest BCUT2D eigenvalue weighted by Crippen LogP contribution is -2.45. The first-order chi connectivity index (χ1) is 10.3. The highest BCUT2D eigenvalue weighted by atomic mass is 127. The third-order valence-corrected chi connectivity index (χ3v) is 4.85. The summed E-state index contributed by atoms with van der Waals surface area (Å²) in [6, 6.07) is 0.599. The van der Waals surface area contributed by atoms with Crippen LogP contribution in [0.25, 0.3) is 0 Å². The highest BCUT2D eigenvalue weighted by molar-refractivity contribution is 14.0. The molecule has 5 heteroatoms. The summed E-state index contributed by atoms with van der Waals surface area (Å²) in [5.74, 6) is 1.85. The van der Waals surface area contributed by atoms with Crippen LogP contribution in [0.5, 0.6) is 0 Å². The molecule has 0 heterocycles. The maximum Gasteiger partial charge on any atom is 0.191 e. The van der Waals surface area contributed by atoms with Crippen molar-refractivity contribution in [3.63, 3.8) is 0 Å². The van der Waals surface area contributed by atoms with E-state index in [0.29, 0.717) is 12.1 Å². The van der Waals surface area contributed by atoms with Gasteiger partial charge in [0.25, 0.3) is 0 Å². The SMILES string of the molecule is CN=C(NCCCOC1CCCC1)NC1CCC(C)CC1.I. The molecular weight excluding hydrogens is 389 g/mol. The van der Waals surface area contributed by atoms with E-state index in [2.05, 4.69) is 22.5 Å². The molecule has 2 fully saturated rings.